The zero-order valence-corrected chi connectivity index (χ0v) is 11.9. The summed E-state index contributed by atoms with van der Waals surface area (Å²) in [6.45, 7) is 0. The van der Waals surface area contributed by atoms with Crippen LogP contribution in [0, 0.1) is 0 Å². The van der Waals surface area contributed by atoms with E-state index in [-0.39, 0.29) is 0 Å². The summed E-state index contributed by atoms with van der Waals surface area (Å²) in [4.78, 5) is 0. The molecule has 0 aliphatic carbocycles. The SMILES string of the molecule is COc1ccc(Br)c(CC(O)c2ccn(C)n2)c1. The van der Waals surface area contributed by atoms with Crippen LogP contribution in [0.25, 0.3) is 0 Å². The minimum Gasteiger partial charge on any atom is -0.497 e. The van der Waals surface area contributed by atoms with Gasteiger partial charge in [0.25, 0.3) is 0 Å². The quantitative estimate of drug-likeness (QED) is 0.943. The Labute approximate surface area is 114 Å². The van der Waals surface area contributed by atoms with Crippen molar-refractivity contribution in [3.05, 3.63) is 46.2 Å². The van der Waals surface area contributed by atoms with Gasteiger partial charge in [-0.3, -0.25) is 4.68 Å². The molecular formula is C13H15BrN2O2. The number of nitrogens with zero attached hydrogens (tertiary/aromatic N) is 2. The number of hydrogen-bond donors (Lipinski definition) is 1. The second-order valence-electron chi connectivity index (χ2n) is 4.09. The molecule has 0 fully saturated rings. The van der Waals surface area contributed by atoms with Gasteiger partial charge in [-0.2, -0.15) is 5.10 Å². The predicted molar refractivity (Wildman–Crippen MR) is 72.6 cm³/mol. The normalized spacial score (nSPS) is 12.4. The van der Waals surface area contributed by atoms with E-state index in [0.717, 1.165) is 15.8 Å². The van der Waals surface area contributed by atoms with E-state index in [0.29, 0.717) is 12.1 Å². The monoisotopic (exact) mass is 310 g/mol. The molecule has 0 radical (unpaired) electrons. The van der Waals surface area contributed by atoms with Gasteiger partial charge in [0, 0.05) is 24.1 Å². The van der Waals surface area contributed by atoms with E-state index in [1.54, 1.807) is 11.8 Å². The van der Waals surface area contributed by atoms with Gasteiger partial charge in [0.2, 0.25) is 0 Å². The van der Waals surface area contributed by atoms with Crippen LogP contribution in [0.3, 0.4) is 0 Å². The van der Waals surface area contributed by atoms with Crippen LogP contribution in [0.2, 0.25) is 0 Å². The molecule has 2 rings (SSSR count). The van der Waals surface area contributed by atoms with Crippen molar-refractivity contribution in [1.29, 1.82) is 0 Å². The molecular weight excluding hydrogens is 296 g/mol. The summed E-state index contributed by atoms with van der Waals surface area (Å²) in [5.74, 6) is 0.779. The zero-order chi connectivity index (χ0) is 13.1. The average molecular weight is 311 g/mol. The van der Waals surface area contributed by atoms with E-state index in [1.807, 2.05) is 37.5 Å². The Bertz CT molecular complexity index is 540. The van der Waals surface area contributed by atoms with Crippen LogP contribution in [0.1, 0.15) is 17.4 Å². The van der Waals surface area contributed by atoms with Crippen molar-refractivity contribution in [2.75, 3.05) is 7.11 Å². The highest BCUT2D eigenvalue weighted by atomic mass is 79.9. The Morgan fingerprint density at radius 3 is 2.83 bits per heavy atom. The highest BCUT2D eigenvalue weighted by molar-refractivity contribution is 9.10. The van der Waals surface area contributed by atoms with Crippen LogP contribution < -0.4 is 4.74 Å². The number of methoxy groups -OCH3 is 1. The first-order valence-electron chi connectivity index (χ1n) is 5.60. The molecule has 1 aromatic heterocycles. The van der Waals surface area contributed by atoms with Gasteiger partial charge in [-0.15, -0.1) is 0 Å². The molecule has 1 aromatic carbocycles. The largest absolute Gasteiger partial charge is 0.497 e. The molecule has 0 bridgehead atoms. The minimum absolute atomic E-state index is 0.495. The van der Waals surface area contributed by atoms with Crippen LogP contribution in [0.15, 0.2) is 34.9 Å². The summed E-state index contributed by atoms with van der Waals surface area (Å²) < 4.78 is 7.82. The lowest BCUT2D eigenvalue weighted by Gasteiger charge is -2.11. The predicted octanol–water partition coefficient (Wildman–Crippen LogP) is 2.47. The Balaban J connectivity index is 2.18. The highest BCUT2D eigenvalue weighted by Gasteiger charge is 2.13. The number of aryl methyl sites for hydroxylation is 1. The highest BCUT2D eigenvalue weighted by Crippen LogP contribution is 2.26. The van der Waals surface area contributed by atoms with E-state index in [4.69, 9.17) is 4.74 Å². The number of benzene rings is 1. The fraction of sp³-hybridized carbons (Fsp3) is 0.308. The molecule has 96 valence electrons. The summed E-state index contributed by atoms with van der Waals surface area (Å²) in [6.07, 6.45) is 1.70. The van der Waals surface area contributed by atoms with Crippen molar-refractivity contribution in [1.82, 2.24) is 9.78 Å². The van der Waals surface area contributed by atoms with Gasteiger partial charge >= 0.3 is 0 Å². The fourth-order valence-corrected chi connectivity index (χ4v) is 2.17. The number of aliphatic hydroxyl groups excluding tert-OH is 1. The molecule has 1 atom stereocenters. The van der Waals surface area contributed by atoms with E-state index in [9.17, 15) is 5.11 Å². The van der Waals surface area contributed by atoms with Gasteiger partial charge in [0.1, 0.15) is 11.9 Å². The molecule has 0 aliphatic rings. The van der Waals surface area contributed by atoms with Crippen molar-refractivity contribution >= 4 is 15.9 Å². The third kappa shape index (κ3) is 2.91. The first-order valence-corrected chi connectivity index (χ1v) is 6.39. The maximum atomic E-state index is 10.1. The van der Waals surface area contributed by atoms with Crippen molar-refractivity contribution in [2.45, 2.75) is 12.5 Å². The van der Waals surface area contributed by atoms with E-state index < -0.39 is 6.10 Å². The molecule has 0 aliphatic heterocycles. The Morgan fingerprint density at radius 2 is 2.22 bits per heavy atom. The maximum Gasteiger partial charge on any atom is 0.119 e. The molecule has 0 spiro atoms. The molecule has 1 unspecified atom stereocenters. The van der Waals surface area contributed by atoms with Crippen molar-refractivity contribution in [3.63, 3.8) is 0 Å². The number of rotatable bonds is 4. The lowest BCUT2D eigenvalue weighted by molar-refractivity contribution is 0.172. The molecule has 0 amide bonds. The van der Waals surface area contributed by atoms with E-state index in [1.165, 1.54) is 0 Å². The molecule has 2 aromatic rings. The van der Waals surface area contributed by atoms with Crippen LogP contribution in [0.5, 0.6) is 5.75 Å². The topological polar surface area (TPSA) is 47.3 Å². The van der Waals surface area contributed by atoms with Gasteiger partial charge in [0.15, 0.2) is 0 Å². The molecule has 5 heteroatoms. The lowest BCUT2D eigenvalue weighted by Crippen LogP contribution is -2.04. The standard InChI is InChI=1S/C13H15BrN2O2/c1-16-6-5-12(15-16)13(17)8-9-7-10(18-2)3-4-11(9)14/h3-7,13,17H,8H2,1-2H3. The van der Waals surface area contributed by atoms with E-state index in [2.05, 4.69) is 21.0 Å². The average Bonchev–Trinajstić information content (AvgIpc) is 2.79. The molecule has 1 heterocycles. The molecule has 0 saturated carbocycles. The van der Waals surface area contributed by atoms with Crippen molar-refractivity contribution in [3.8, 4) is 5.75 Å². The smallest absolute Gasteiger partial charge is 0.119 e. The first kappa shape index (κ1) is 13.1. The number of ether oxygens (including phenoxy) is 1. The fourth-order valence-electron chi connectivity index (χ4n) is 1.76. The Morgan fingerprint density at radius 1 is 1.44 bits per heavy atom. The van der Waals surface area contributed by atoms with Gasteiger partial charge in [-0.05, 0) is 29.8 Å². The maximum absolute atomic E-state index is 10.1. The second kappa shape index (κ2) is 5.54. The van der Waals surface area contributed by atoms with Crippen molar-refractivity contribution in [2.24, 2.45) is 7.05 Å². The number of aliphatic hydroxyl groups is 1. The number of hydrogen-bond acceptors (Lipinski definition) is 3. The van der Waals surface area contributed by atoms with Crippen LogP contribution in [-0.4, -0.2) is 22.0 Å². The summed E-state index contributed by atoms with van der Waals surface area (Å²) >= 11 is 3.47. The van der Waals surface area contributed by atoms with Gasteiger partial charge < -0.3 is 9.84 Å². The summed E-state index contributed by atoms with van der Waals surface area (Å²) in [5.41, 5.74) is 1.67. The minimum atomic E-state index is -0.616. The number of halogens is 1. The Kier molecular flexibility index (Phi) is 4.04. The second-order valence-corrected chi connectivity index (χ2v) is 4.95. The molecule has 0 saturated heterocycles. The molecule has 18 heavy (non-hydrogen) atoms. The molecule has 1 N–H and O–H groups in total. The third-order valence-electron chi connectivity index (χ3n) is 2.74. The van der Waals surface area contributed by atoms with Gasteiger partial charge in [0.05, 0.1) is 12.8 Å². The molecule has 4 nitrogen and oxygen atoms in total. The van der Waals surface area contributed by atoms with Crippen LogP contribution in [-0.2, 0) is 13.5 Å². The van der Waals surface area contributed by atoms with E-state index >= 15 is 0 Å². The summed E-state index contributed by atoms with van der Waals surface area (Å²) in [5, 5.41) is 14.3. The summed E-state index contributed by atoms with van der Waals surface area (Å²) in [7, 11) is 3.46. The lowest BCUT2D eigenvalue weighted by atomic mass is 10.1. The first-order chi connectivity index (χ1) is 8.60. The summed E-state index contributed by atoms with van der Waals surface area (Å²) in [6, 6.07) is 7.52. The van der Waals surface area contributed by atoms with Crippen LogP contribution >= 0.6 is 15.9 Å². The number of aromatic nitrogens is 2. The zero-order valence-electron chi connectivity index (χ0n) is 10.3. The Hall–Kier alpha value is -1.33. The third-order valence-corrected chi connectivity index (χ3v) is 3.52. The van der Waals surface area contributed by atoms with Crippen molar-refractivity contribution < 1.29 is 9.84 Å². The van der Waals surface area contributed by atoms with Gasteiger partial charge in [-0.25, -0.2) is 0 Å². The van der Waals surface area contributed by atoms with Gasteiger partial charge in [-0.1, -0.05) is 15.9 Å². The van der Waals surface area contributed by atoms with Crippen LogP contribution in [0.4, 0.5) is 0 Å².